The molecular formula is C14H20N2OS. The SMILES string of the molecule is O=C(c1ccsc1)N1CCCN(C2CCC2)CC1. The van der Waals surface area contributed by atoms with E-state index in [4.69, 9.17) is 0 Å². The number of carbonyl (C=O) groups excluding carboxylic acids is 1. The molecule has 0 atom stereocenters. The summed E-state index contributed by atoms with van der Waals surface area (Å²) >= 11 is 1.60. The Balaban J connectivity index is 1.60. The van der Waals surface area contributed by atoms with E-state index in [2.05, 4.69) is 4.90 Å². The van der Waals surface area contributed by atoms with Gasteiger partial charge in [0.05, 0.1) is 5.56 Å². The van der Waals surface area contributed by atoms with E-state index in [1.54, 1.807) is 11.3 Å². The second kappa shape index (κ2) is 5.41. The third-order valence-corrected chi connectivity index (χ3v) is 4.86. The van der Waals surface area contributed by atoms with E-state index in [0.29, 0.717) is 0 Å². The topological polar surface area (TPSA) is 23.6 Å². The van der Waals surface area contributed by atoms with Gasteiger partial charge in [-0.3, -0.25) is 9.69 Å². The fraction of sp³-hybridized carbons (Fsp3) is 0.643. The zero-order chi connectivity index (χ0) is 12.4. The van der Waals surface area contributed by atoms with Gasteiger partial charge in [0.15, 0.2) is 0 Å². The van der Waals surface area contributed by atoms with Crippen molar-refractivity contribution < 1.29 is 4.79 Å². The summed E-state index contributed by atoms with van der Waals surface area (Å²) in [5.41, 5.74) is 0.858. The van der Waals surface area contributed by atoms with Crippen LogP contribution in [0.2, 0.25) is 0 Å². The van der Waals surface area contributed by atoms with E-state index in [1.165, 1.54) is 19.3 Å². The van der Waals surface area contributed by atoms with Crippen LogP contribution in [-0.2, 0) is 0 Å². The highest BCUT2D eigenvalue weighted by atomic mass is 32.1. The van der Waals surface area contributed by atoms with E-state index in [-0.39, 0.29) is 5.91 Å². The fourth-order valence-electron chi connectivity index (χ4n) is 2.83. The second-order valence-electron chi connectivity index (χ2n) is 5.28. The molecule has 1 aliphatic heterocycles. The van der Waals surface area contributed by atoms with Crippen LogP contribution in [-0.4, -0.2) is 47.9 Å². The van der Waals surface area contributed by atoms with Crippen LogP contribution in [0.1, 0.15) is 36.0 Å². The number of amides is 1. The van der Waals surface area contributed by atoms with Crippen LogP contribution in [0.4, 0.5) is 0 Å². The summed E-state index contributed by atoms with van der Waals surface area (Å²) in [5.74, 6) is 0.215. The smallest absolute Gasteiger partial charge is 0.254 e. The van der Waals surface area contributed by atoms with Gasteiger partial charge in [0.2, 0.25) is 0 Å². The van der Waals surface area contributed by atoms with Gasteiger partial charge in [-0.15, -0.1) is 0 Å². The minimum absolute atomic E-state index is 0.215. The van der Waals surface area contributed by atoms with Crippen molar-refractivity contribution in [3.05, 3.63) is 22.4 Å². The zero-order valence-electron chi connectivity index (χ0n) is 10.7. The molecule has 0 aromatic carbocycles. The van der Waals surface area contributed by atoms with Crippen LogP contribution in [0.3, 0.4) is 0 Å². The Bertz CT molecular complexity index is 400. The average molecular weight is 264 g/mol. The molecule has 2 aliphatic rings. The molecule has 2 heterocycles. The molecule has 1 saturated carbocycles. The first-order valence-electron chi connectivity index (χ1n) is 6.90. The van der Waals surface area contributed by atoms with Crippen molar-refractivity contribution in [3.63, 3.8) is 0 Å². The molecule has 3 rings (SSSR count). The van der Waals surface area contributed by atoms with Crippen LogP contribution >= 0.6 is 11.3 Å². The summed E-state index contributed by atoms with van der Waals surface area (Å²) in [6, 6.07) is 2.74. The molecule has 1 saturated heterocycles. The Hall–Kier alpha value is -0.870. The third-order valence-electron chi connectivity index (χ3n) is 4.18. The van der Waals surface area contributed by atoms with E-state index in [9.17, 15) is 4.79 Å². The van der Waals surface area contributed by atoms with Gasteiger partial charge in [-0.25, -0.2) is 0 Å². The highest BCUT2D eigenvalue weighted by molar-refractivity contribution is 7.08. The van der Waals surface area contributed by atoms with E-state index in [0.717, 1.165) is 44.2 Å². The Morgan fingerprint density at radius 2 is 2.06 bits per heavy atom. The molecule has 1 aromatic heterocycles. The van der Waals surface area contributed by atoms with Gasteiger partial charge >= 0.3 is 0 Å². The van der Waals surface area contributed by atoms with Crippen LogP contribution in [0.15, 0.2) is 16.8 Å². The first-order valence-corrected chi connectivity index (χ1v) is 7.84. The van der Waals surface area contributed by atoms with Crippen molar-refractivity contribution in [2.24, 2.45) is 0 Å². The fourth-order valence-corrected chi connectivity index (χ4v) is 3.46. The Morgan fingerprint density at radius 1 is 1.17 bits per heavy atom. The molecule has 0 spiro atoms. The maximum atomic E-state index is 12.3. The van der Waals surface area contributed by atoms with Crippen LogP contribution < -0.4 is 0 Å². The molecule has 3 nitrogen and oxygen atoms in total. The van der Waals surface area contributed by atoms with Crippen LogP contribution in [0, 0.1) is 0 Å². The van der Waals surface area contributed by atoms with Crippen molar-refractivity contribution >= 4 is 17.2 Å². The van der Waals surface area contributed by atoms with E-state index < -0.39 is 0 Å². The van der Waals surface area contributed by atoms with Gasteiger partial charge < -0.3 is 4.90 Å². The lowest BCUT2D eigenvalue weighted by Crippen LogP contribution is -2.42. The molecule has 0 unspecified atom stereocenters. The van der Waals surface area contributed by atoms with Crippen LogP contribution in [0.5, 0.6) is 0 Å². The summed E-state index contributed by atoms with van der Waals surface area (Å²) in [4.78, 5) is 16.9. The average Bonchev–Trinajstić information content (AvgIpc) is 2.74. The molecule has 0 N–H and O–H groups in total. The summed E-state index contributed by atoms with van der Waals surface area (Å²) in [6.45, 7) is 4.03. The van der Waals surface area contributed by atoms with Crippen LogP contribution in [0.25, 0.3) is 0 Å². The van der Waals surface area contributed by atoms with Crippen molar-refractivity contribution in [1.82, 2.24) is 9.80 Å². The lowest BCUT2D eigenvalue weighted by Gasteiger charge is -2.36. The molecule has 4 heteroatoms. The molecule has 0 radical (unpaired) electrons. The molecule has 1 amide bonds. The van der Waals surface area contributed by atoms with Gasteiger partial charge in [0, 0.05) is 37.6 Å². The maximum absolute atomic E-state index is 12.3. The summed E-state index contributed by atoms with van der Waals surface area (Å²) < 4.78 is 0. The predicted molar refractivity (Wildman–Crippen MR) is 74.1 cm³/mol. The van der Waals surface area contributed by atoms with Crippen molar-refractivity contribution in [1.29, 1.82) is 0 Å². The summed E-state index contributed by atoms with van der Waals surface area (Å²) in [5, 5.41) is 3.93. The van der Waals surface area contributed by atoms with E-state index in [1.807, 2.05) is 21.7 Å². The summed E-state index contributed by atoms with van der Waals surface area (Å²) in [7, 11) is 0. The largest absolute Gasteiger partial charge is 0.337 e. The molecule has 2 fully saturated rings. The molecule has 18 heavy (non-hydrogen) atoms. The normalized spacial score (nSPS) is 22.6. The minimum Gasteiger partial charge on any atom is -0.337 e. The standard InChI is InChI=1S/C14H20N2OS/c17-14(12-5-10-18-11-12)16-7-2-6-15(8-9-16)13-3-1-4-13/h5,10-11,13H,1-4,6-9H2. The molecule has 1 aromatic rings. The Kier molecular flexibility index (Phi) is 3.66. The quantitative estimate of drug-likeness (QED) is 0.819. The van der Waals surface area contributed by atoms with Crippen molar-refractivity contribution in [3.8, 4) is 0 Å². The number of hydrogen-bond acceptors (Lipinski definition) is 3. The molecular weight excluding hydrogens is 244 g/mol. The number of rotatable bonds is 2. The maximum Gasteiger partial charge on any atom is 0.254 e. The Labute approximate surface area is 112 Å². The number of hydrogen-bond donors (Lipinski definition) is 0. The van der Waals surface area contributed by atoms with Gasteiger partial charge in [-0.2, -0.15) is 11.3 Å². The van der Waals surface area contributed by atoms with Gasteiger partial charge in [-0.05, 0) is 30.7 Å². The van der Waals surface area contributed by atoms with E-state index >= 15 is 0 Å². The lowest BCUT2D eigenvalue weighted by molar-refractivity contribution is 0.0750. The zero-order valence-corrected chi connectivity index (χ0v) is 11.5. The third kappa shape index (κ3) is 2.45. The van der Waals surface area contributed by atoms with Gasteiger partial charge in [0.25, 0.3) is 5.91 Å². The first kappa shape index (κ1) is 12.2. The number of nitrogens with zero attached hydrogens (tertiary/aromatic N) is 2. The monoisotopic (exact) mass is 264 g/mol. The van der Waals surface area contributed by atoms with Crippen molar-refractivity contribution in [2.45, 2.75) is 31.7 Å². The summed E-state index contributed by atoms with van der Waals surface area (Å²) in [6.07, 6.45) is 5.22. The van der Waals surface area contributed by atoms with Gasteiger partial charge in [0.1, 0.15) is 0 Å². The Morgan fingerprint density at radius 3 is 2.72 bits per heavy atom. The minimum atomic E-state index is 0.215. The first-order chi connectivity index (χ1) is 8.84. The molecule has 0 bridgehead atoms. The molecule has 1 aliphatic carbocycles. The second-order valence-corrected chi connectivity index (χ2v) is 6.06. The van der Waals surface area contributed by atoms with Gasteiger partial charge in [-0.1, -0.05) is 6.42 Å². The highest BCUT2D eigenvalue weighted by Crippen LogP contribution is 2.25. The highest BCUT2D eigenvalue weighted by Gasteiger charge is 2.27. The number of thiophene rings is 1. The predicted octanol–water partition coefficient (Wildman–Crippen LogP) is 2.45. The molecule has 98 valence electrons. The van der Waals surface area contributed by atoms with Crippen molar-refractivity contribution in [2.75, 3.05) is 26.2 Å². The lowest BCUT2D eigenvalue weighted by atomic mass is 9.91. The number of carbonyl (C=O) groups is 1.